The van der Waals surface area contributed by atoms with Gasteiger partial charge in [0.1, 0.15) is 0 Å². The first-order valence-electron chi connectivity index (χ1n) is 7.19. The van der Waals surface area contributed by atoms with Crippen molar-refractivity contribution in [3.63, 3.8) is 0 Å². The van der Waals surface area contributed by atoms with Gasteiger partial charge >= 0.3 is 5.97 Å². The summed E-state index contributed by atoms with van der Waals surface area (Å²) in [7, 11) is 0. The van der Waals surface area contributed by atoms with Gasteiger partial charge in [-0.25, -0.2) is 0 Å². The number of amides is 1. The number of hydrogen-bond acceptors (Lipinski definition) is 3. The number of fused-ring (bicyclic) bond motifs is 1. The fourth-order valence-electron chi connectivity index (χ4n) is 3.30. The van der Waals surface area contributed by atoms with Crippen LogP contribution in [0.2, 0.25) is 0 Å². The predicted octanol–water partition coefficient (Wildman–Crippen LogP) is 2.42. The molecule has 3 rings (SSSR count). The van der Waals surface area contributed by atoms with E-state index in [-0.39, 0.29) is 11.8 Å². The highest BCUT2D eigenvalue weighted by atomic mass is 32.1. The Morgan fingerprint density at radius 3 is 2.75 bits per heavy atom. The largest absolute Gasteiger partial charge is 0.481 e. The van der Waals surface area contributed by atoms with E-state index in [0.717, 1.165) is 24.8 Å². The zero-order valence-corrected chi connectivity index (χ0v) is 12.4. The normalized spacial score (nSPS) is 25.6. The van der Waals surface area contributed by atoms with Crippen molar-refractivity contribution in [1.29, 1.82) is 0 Å². The minimum atomic E-state index is -0.792. The molecule has 1 aromatic heterocycles. The van der Waals surface area contributed by atoms with Gasteiger partial charge < -0.3 is 10.0 Å². The van der Waals surface area contributed by atoms with Crippen molar-refractivity contribution in [2.24, 2.45) is 11.8 Å². The molecule has 1 fully saturated rings. The van der Waals surface area contributed by atoms with Crippen LogP contribution >= 0.6 is 11.3 Å². The van der Waals surface area contributed by atoms with Crippen LogP contribution < -0.4 is 0 Å². The van der Waals surface area contributed by atoms with Gasteiger partial charge in [0.25, 0.3) is 5.91 Å². The van der Waals surface area contributed by atoms with Gasteiger partial charge in [-0.05, 0) is 37.2 Å². The van der Waals surface area contributed by atoms with Crippen LogP contribution in [0.1, 0.15) is 40.6 Å². The zero-order chi connectivity index (χ0) is 14.3. The number of carbonyl (C=O) groups excluding carboxylic acids is 1. The highest BCUT2D eigenvalue weighted by molar-refractivity contribution is 7.10. The van der Waals surface area contributed by atoms with Crippen LogP contribution in [0.5, 0.6) is 0 Å². The van der Waals surface area contributed by atoms with Crippen molar-refractivity contribution >= 4 is 23.2 Å². The maximum Gasteiger partial charge on any atom is 0.308 e. The first kappa shape index (κ1) is 13.6. The van der Waals surface area contributed by atoms with Crippen LogP contribution in [-0.4, -0.2) is 35.0 Å². The number of hydrogen-bond donors (Lipinski definition) is 1. The van der Waals surface area contributed by atoms with Gasteiger partial charge in [-0.15, -0.1) is 11.3 Å². The molecule has 20 heavy (non-hydrogen) atoms. The van der Waals surface area contributed by atoms with Crippen molar-refractivity contribution < 1.29 is 14.7 Å². The first-order chi connectivity index (χ1) is 9.58. The molecule has 0 radical (unpaired) electrons. The summed E-state index contributed by atoms with van der Waals surface area (Å²) < 4.78 is 0. The van der Waals surface area contributed by atoms with Gasteiger partial charge in [-0.1, -0.05) is 6.92 Å². The molecule has 0 bridgehead atoms. The predicted molar refractivity (Wildman–Crippen MR) is 77.2 cm³/mol. The summed E-state index contributed by atoms with van der Waals surface area (Å²) in [4.78, 5) is 26.9. The highest BCUT2D eigenvalue weighted by Gasteiger charge is 2.38. The van der Waals surface area contributed by atoms with Gasteiger partial charge in [0.2, 0.25) is 0 Å². The molecule has 1 N–H and O–H groups in total. The van der Waals surface area contributed by atoms with E-state index in [2.05, 4.69) is 0 Å². The van der Waals surface area contributed by atoms with E-state index in [1.807, 2.05) is 12.3 Å². The average molecular weight is 293 g/mol. The van der Waals surface area contributed by atoms with Crippen molar-refractivity contribution in [2.45, 2.75) is 32.6 Å². The second-order valence-corrected chi connectivity index (χ2v) is 6.85. The Morgan fingerprint density at radius 2 is 2.05 bits per heavy atom. The van der Waals surface area contributed by atoms with Crippen LogP contribution in [0.25, 0.3) is 0 Å². The minimum Gasteiger partial charge on any atom is -0.481 e. The third kappa shape index (κ3) is 2.24. The lowest BCUT2D eigenvalue weighted by Gasteiger charge is -2.18. The number of likely N-dealkylation sites (tertiary alicyclic amines) is 1. The Morgan fingerprint density at radius 1 is 1.30 bits per heavy atom. The SMILES string of the molecule is C[C@@H]1CN(C(=O)c2csc3c2CCCC3)C[C@H]1C(=O)O. The maximum absolute atomic E-state index is 12.6. The van der Waals surface area contributed by atoms with Crippen LogP contribution in [0.4, 0.5) is 0 Å². The van der Waals surface area contributed by atoms with Crippen molar-refractivity contribution in [3.8, 4) is 0 Å². The van der Waals surface area contributed by atoms with Crippen LogP contribution in [0, 0.1) is 11.8 Å². The maximum atomic E-state index is 12.6. The number of aryl methyl sites for hydroxylation is 1. The Labute approximate surface area is 122 Å². The second kappa shape index (κ2) is 5.20. The van der Waals surface area contributed by atoms with E-state index in [1.54, 1.807) is 16.2 Å². The summed E-state index contributed by atoms with van der Waals surface area (Å²) >= 11 is 1.68. The van der Waals surface area contributed by atoms with Gasteiger partial charge in [-0.3, -0.25) is 9.59 Å². The first-order valence-corrected chi connectivity index (χ1v) is 8.07. The lowest BCUT2D eigenvalue weighted by Crippen LogP contribution is -2.30. The molecule has 108 valence electrons. The Bertz CT molecular complexity index is 551. The third-order valence-electron chi connectivity index (χ3n) is 4.51. The fourth-order valence-corrected chi connectivity index (χ4v) is 4.42. The fraction of sp³-hybridized carbons (Fsp3) is 0.600. The monoisotopic (exact) mass is 293 g/mol. The van der Waals surface area contributed by atoms with Gasteiger partial charge in [0.15, 0.2) is 0 Å². The lowest BCUT2D eigenvalue weighted by atomic mass is 9.95. The molecular formula is C15H19NO3S. The summed E-state index contributed by atoms with van der Waals surface area (Å²) in [6, 6.07) is 0. The summed E-state index contributed by atoms with van der Waals surface area (Å²) in [5.41, 5.74) is 2.04. The Kier molecular flexibility index (Phi) is 3.54. The second-order valence-electron chi connectivity index (χ2n) is 5.89. The van der Waals surface area contributed by atoms with E-state index >= 15 is 0 Å². The van der Waals surface area contributed by atoms with Gasteiger partial charge in [-0.2, -0.15) is 0 Å². The standard InChI is InChI=1S/C15H19NO3S/c1-9-6-16(7-11(9)15(18)19)14(17)12-8-20-13-5-3-2-4-10(12)13/h8-9,11H,2-7H2,1H3,(H,18,19)/t9-,11-/m1/s1. The van der Waals surface area contributed by atoms with E-state index < -0.39 is 11.9 Å². The molecule has 0 saturated carbocycles. The molecule has 0 unspecified atom stereocenters. The zero-order valence-electron chi connectivity index (χ0n) is 11.6. The smallest absolute Gasteiger partial charge is 0.308 e. The Balaban J connectivity index is 1.80. The molecule has 2 aliphatic rings. The number of nitrogens with zero attached hydrogens (tertiary/aromatic N) is 1. The number of carbonyl (C=O) groups is 2. The quantitative estimate of drug-likeness (QED) is 0.911. The van der Waals surface area contributed by atoms with Gasteiger partial charge in [0.05, 0.1) is 11.5 Å². The molecule has 1 aromatic rings. The van der Waals surface area contributed by atoms with Crippen LogP contribution in [0.3, 0.4) is 0 Å². The molecule has 1 aliphatic carbocycles. The van der Waals surface area contributed by atoms with Gasteiger partial charge in [0, 0.05) is 23.3 Å². The van der Waals surface area contributed by atoms with Crippen LogP contribution in [-0.2, 0) is 17.6 Å². The van der Waals surface area contributed by atoms with Crippen molar-refractivity contribution in [2.75, 3.05) is 13.1 Å². The van der Waals surface area contributed by atoms with E-state index in [1.165, 1.54) is 16.9 Å². The lowest BCUT2D eigenvalue weighted by molar-refractivity contribution is -0.142. The summed E-state index contributed by atoms with van der Waals surface area (Å²) in [6.07, 6.45) is 4.44. The molecule has 2 atom stereocenters. The van der Waals surface area contributed by atoms with E-state index in [0.29, 0.717) is 13.1 Å². The molecule has 0 spiro atoms. The number of rotatable bonds is 2. The molecule has 1 aliphatic heterocycles. The average Bonchev–Trinajstić information content (AvgIpc) is 3.01. The number of thiophene rings is 1. The topological polar surface area (TPSA) is 57.6 Å². The summed E-state index contributed by atoms with van der Waals surface area (Å²) in [6.45, 7) is 2.82. The number of carboxylic acid groups (broad SMARTS) is 1. The highest BCUT2D eigenvalue weighted by Crippen LogP contribution is 2.32. The molecule has 4 nitrogen and oxygen atoms in total. The number of carboxylic acids is 1. The molecule has 5 heteroatoms. The summed E-state index contributed by atoms with van der Waals surface area (Å²) in [5.74, 6) is -1.15. The molecule has 1 saturated heterocycles. The third-order valence-corrected chi connectivity index (χ3v) is 5.60. The Hall–Kier alpha value is -1.36. The van der Waals surface area contributed by atoms with E-state index in [4.69, 9.17) is 5.11 Å². The molecule has 1 amide bonds. The van der Waals surface area contributed by atoms with Crippen molar-refractivity contribution in [1.82, 2.24) is 4.90 Å². The van der Waals surface area contributed by atoms with Crippen LogP contribution in [0.15, 0.2) is 5.38 Å². The summed E-state index contributed by atoms with van der Waals surface area (Å²) in [5, 5.41) is 11.1. The molecule has 0 aromatic carbocycles. The number of aliphatic carboxylic acids is 1. The minimum absolute atomic E-state index is 0.0278. The van der Waals surface area contributed by atoms with Crippen molar-refractivity contribution in [3.05, 3.63) is 21.4 Å². The molecular weight excluding hydrogens is 274 g/mol. The molecule has 2 heterocycles. The van der Waals surface area contributed by atoms with E-state index in [9.17, 15) is 9.59 Å².